The summed E-state index contributed by atoms with van der Waals surface area (Å²) in [6.07, 6.45) is 0.961. The first-order chi connectivity index (χ1) is 9.97. The van der Waals surface area contributed by atoms with Gasteiger partial charge in [0.25, 0.3) is 0 Å². The number of benzene rings is 1. The van der Waals surface area contributed by atoms with Gasteiger partial charge in [-0.1, -0.05) is 29.3 Å². The maximum Gasteiger partial charge on any atom is 0.317 e. The van der Waals surface area contributed by atoms with Gasteiger partial charge >= 0.3 is 5.97 Å². The molecule has 1 atom stereocenters. The first kappa shape index (κ1) is 16.6. The largest absolute Gasteiger partial charge is 0.480 e. The van der Waals surface area contributed by atoms with Crippen molar-refractivity contribution in [2.75, 3.05) is 32.7 Å². The number of carbonyl (C=O) groups is 1. The topological polar surface area (TPSA) is 43.8 Å². The van der Waals surface area contributed by atoms with Gasteiger partial charge in [0.15, 0.2) is 0 Å². The molecule has 0 bridgehead atoms. The van der Waals surface area contributed by atoms with E-state index in [1.165, 1.54) is 0 Å². The summed E-state index contributed by atoms with van der Waals surface area (Å²) in [6.45, 7) is 5.61. The molecule has 1 unspecified atom stereocenters. The van der Waals surface area contributed by atoms with Gasteiger partial charge in [-0.25, -0.2) is 0 Å². The van der Waals surface area contributed by atoms with Crippen molar-refractivity contribution in [3.63, 3.8) is 0 Å². The van der Waals surface area contributed by atoms with E-state index in [1.54, 1.807) is 6.07 Å². The van der Waals surface area contributed by atoms with E-state index >= 15 is 0 Å². The van der Waals surface area contributed by atoms with Gasteiger partial charge in [-0.15, -0.1) is 0 Å². The quantitative estimate of drug-likeness (QED) is 0.921. The van der Waals surface area contributed by atoms with Crippen molar-refractivity contribution < 1.29 is 9.90 Å². The van der Waals surface area contributed by atoms with Crippen LogP contribution in [0, 0.1) is 0 Å². The Balaban J connectivity index is 2.02. The van der Waals surface area contributed by atoms with Crippen LogP contribution >= 0.6 is 23.2 Å². The Kier molecular flexibility index (Phi) is 5.88. The molecule has 1 heterocycles. The van der Waals surface area contributed by atoms with Crippen molar-refractivity contribution in [1.82, 2.24) is 9.80 Å². The van der Waals surface area contributed by atoms with Gasteiger partial charge in [-0.3, -0.25) is 14.6 Å². The second-order valence-corrected chi connectivity index (χ2v) is 6.24. The monoisotopic (exact) mass is 330 g/mol. The highest BCUT2D eigenvalue weighted by Crippen LogP contribution is 2.30. The van der Waals surface area contributed by atoms with Gasteiger partial charge in [0.05, 0.1) is 6.54 Å². The average Bonchev–Trinajstić information content (AvgIpc) is 2.63. The van der Waals surface area contributed by atoms with Crippen LogP contribution in [-0.2, 0) is 4.79 Å². The fourth-order valence-corrected chi connectivity index (χ4v) is 3.33. The van der Waals surface area contributed by atoms with Crippen LogP contribution in [0.2, 0.25) is 10.0 Å². The normalized spacial score (nSPS) is 19.2. The van der Waals surface area contributed by atoms with Crippen molar-refractivity contribution in [1.29, 1.82) is 0 Å². The molecule has 2 rings (SSSR count). The Hall–Kier alpha value is -0.810. The van der Waals surface area contributed by atoms with Crippen LogP contribution in [0.4, 0.5) is 0 Å². The van der Waals surface area contributed by atoms with Crippen molar-refractivity contribution in [3.8, 4) is 0 Å². The number of carboxylic acids is 1. The van der Waals surface area contributed by atoms with Crippen molar-refractivity contribution in [2.45, 2.75) is 19.4 Å². The number of aliphatic carboxylic acids is 1. The number of hydrogen-bond acceptors (Lipinski definition) is 3. The lowest BCUT2D eigenvalue weighted by Gasteiger charge is -2.28. The fourth-order valence-electron chi connectivity index (χ4n) is 2.76. The molecule has 1 aromatic carbocycles. The van der Waals surface area contributed by atoms with E-state index in [0.29, 0.717) is 10.0 Å². The van der Waals surface area contributed by atoms with Crippen LogP contribution in [0.25, 0.3) is 0 Å². The highest BCUT2D eigenvalue weighted by molar-refractivity contribution is 6.35. The van der Waals surface area contributed by atoms with Gasteiger partial charge < -0.3 is 5.11 Å². The number of nitrogens with zero attached hydrogens (tertiary/aromatic N) is 2. The molecule has 1 aliphatic heterocycles. The predicted molar refractivity (Wildman–Crippen MR) is 85.1 cm³/mol. The maximum absolute atomic E-state index is 10.8. The fraction of sp³-hybridized carbons (Fsp3) is 0.533. The Morgan fingerprint density at radius 1 is 1.29 bits per heavy atom. The zero-order chi connectivity index (χ0) is 15.4. The summed E-state index contributed by atoms with van der Waals surface area (Å²) < 4.78 is 0. The van der Waals surface area contributed by atoms with Crippen LogP contribution in [-0.4, -0.2) is 53.6 Å². The molecule has 0 amide bonds. The average molecular weight is 331 g/mol. The molecule has 0 aliphatic carbocycles. The molecular formula is C15H20Cl2N2O2. The van der Waals surface area contributed by atoms with Gasteiger partial charge in [0.2, 0.25) is 0 Å². The predicted octanol–water partition coefficient (Wildman–Crippen LogP) is 3.15. The zero-order valence-electron chi connectivity index (χ0n) is 12.1. The minimum atomic E-state index is -0.766. The summed E-state index contributed by atoms with van der Waals surface area (Å²) in [4.78, 5) is 15.1. The summed E-state index contributed by atoms with van der Waals surface area (Å²) in [5, 5.41) is 10.2. The summed E-state index contributed by atoms with van der Waals surface area (Å²) >= 11 is 12.2. The second-order valence-electron chi connectivity index (χ2n) is 5.40. The summed E-state index contributed by atoms with van der Waals surface area (Å²) in [7, 11) is 0. The lowest BCUT2D eigenvalue weighted by Crippen LogP contribution is -2.35. The first-order valence-electron chi connectivity index (χ1n) is 7.10. The minimum Gasteiger partial charge on any atom is -0.480 e. The number of halogens is 2. The molecule has 1 aliphatic rings. The van der Waals surface area contributed by atoms with E-state index in [4.69, 9.17) is 28.3 Å². The van der Waals surface area contributed by atoms with E-state index in [9.17, 15) is 4.79 Å². The van der Waals surface area contributed by atoms with Gasteiger partial charge in [0.1, 0.15) is 0 Å². The molecule has 116 valence electrons. The maximum atomic E-state index is 10.8. The SMILES string of the molecule is CC(c1ccc(Cl)cc1Cl)N1CCCN(CC(=O)O)CC1. The molecule has 1 N–H and O–H groups in total. The lowest BCUT2D eigenvalue weighted by atomic mass is 10.1. The highest BCUT2D eigenvalue weighted by Gasteiger charge is 2.22. The molecule has 21 heavy (non-hydrogen) atoms. The third kappa shape index (κ3) is 4.58. The molecule has 0 spiro atoms. The van der Waals surface area contributed by atoms with Gasteiger partial charge in [-0.05, 0) is 31.0 Å². The van der Waals surface area contributed by atoms with Crippen LogP contribution in [0.1, 0.15) is 24.9 Å². The van der Waals surface area contributed by atoms with E-state index in [-0.39, 0.29) is 12.6 Å². The standard InChI is InChI=1S/C15H20Cl2N2O2/c1-11(13-4-3-12(16)9-14(13)17)19-6-2-5-18(7-8-19)10-15(20)21/h3-4,9,11H,2,5-8,10H2,1H3,(H,20,21). The minimum absolute atomic E-state index is 0.115. The van der Waals surface area contributed by atoms with Gasteiger partial charge in [0, 0.05) is 42.3 Å². The molecule has 1 fully saturated rings. The van der Waals surface area contributed by atoms with E-state index < -0.39 is 5.97 Å². The molecule has 1 saturated heterocycles. The molecule has 0 radical (unpaired) electrons. The highest BCUT2D eigenvalue weighted by atomic mass is 35.5. The van der Waals surface area contributed by atoms with Crippen LogP contribution < -0.4 is 0 Å². The van der Waals surface area contributed by atoms with Crippen molar-refractivity contribution in [2.24, 2.45) is 0 Å². The molecule has 6 heteroatoms. The summed E-state index contributed by atoms with van der Waals surface area (Å²) in [5.74, 6) is -0.766. The number of hydrogen-bond donors (Lipinski definition) is 1. The van der Waals surface area contributed by atoms with Crippen molar-refractivity contribution >= 4 is 29.2 Å². The molecule has 0 aromatic heterocycles. The Morgan fingerprint density at radius 3 is 2.71 bits per heavy atom. The molecule has 4 nitrogen and oxygen atoms in total. The number of carboxylic acid groups (broad SMARTS) is 1. The Morgan fingerprint density at radius 2 is 2.05 bits per heavy atom. The molecular weight excluding hydrogens is 311 g/mol. The third-order valence-electron chi connectivity index (χ3n) is 3.94. The van der Waals surface area contributed by atoms with E-state index in [0.717, 1.165) is 38.2 Å². The Labute approximate surface area is 135 Å². The lowest BCUT2D eigenvalue weighted by molar-refractivity contribution is -0.138. The molecule has 1 aromatic rings. The zero-order valence-corrected chi connectivity index (χ0v) is 13.6. The van der Waals surface area contributed by atoms with E-state index in [2.05, 4.69) is 11.8 Å². The van der Waals surface area contributed by atoms with Crippen molar-refractivity contribution in [3.05, 3.63) is 33.8 Å². The van der Waals surface area contributed by atoms with Gasteiger partial charge in [-0.2, -0.15) is 0 Å². The first-order valence-corrected chi connectivity index (χ1v) is 7.86. The number of rotatable bonds is 4. The van der Waals surface area contributed by atoms with E-state index in [1.807, 2.05) is 17.0 Å². The Bertz CT molecular complexity index is 510. The smallest absolute Gasteiger partial charge is 0.317 e. The summed E-state index contributed by atoms with van der Waals surface area (Å²) in [6, 6.07) is 5.78. The van der Waals surface area contributed by atoms with Crippen LogP contribution in [0.15, 0.2) is 18.2 Å². The summed E-state index contributed by atoms with van der Waals surface area (Å²) in [5.41, 5.74) is 1.06. The van der Waals surface area contributed by atoms with Crippen LogP contribution in [0.3, 0.4) is 0 Å². The third-order valence-corrected chi connectivity index (χ3v) is 4.50. The molecule has 0 saturated carbocycles. The van der Waals surface area contributed by atoms with Crippen LogP contribution in [0.5, 0.6) is 0 Å². The second kappa shape index (κ2) is 7.45.